The minimum Gasteiger partial charge on any atom is -0.507 e. The molecule has 0 amide bonds. The SMILES string of the molecule is CC1CCCC[NH+]1Cc1c(O)ccc2c(-c3ccccc3)cc(=O)oc12. The Morgan fingerprint density at radius 3 is 2.73 bits per heavy atom. The summed E-state index contributed by atoms with van der Waals surface area (Å²) in [4.78, 5) is 13.7. The lowest BCUT2D eigenvalue weighted by Crippen LogP contribution is -3.14. The van der Waals surface area contributed by atoms with Gasteiger partial charge in [-0.05, 0) is 49.4 Å². The second-order valence-corrected chi connectivity index (χ2v) is 7.27. The van der Waals surface area contributed by atoms with Gasteiger partial charge in [-0.1, -0.05) is 30.3 Å². The molecule has 2 heterocycles. The number of phenols is 1. The Labute approximate surface area is 152 Å². The second kappa shape index (κ2) is 6.96. The van der Waals surface area contributed by atoms with Crippen molar-refractivity contribution in [1.29, 1.82) is 0 Å². The van der Waals surface area contributed by atoms with Crippen molar-refractivity contribution in [2.24, 2.45) is 0 Å². The molecule has 0 radical (unpaired) electrons. The van der Waals surface area contributed by atoms with Crippen LogP contribution in [0.2, 0.25) is 0 Å². The van der Waals surface area contributed by atoms with Crippen molar-refractivity contribution in [2.45, 2.75) is 38.8 Å². The first kappa shape index (κ1) is 16.9. The molecule has 1 fully saturated rings. The van der Waals surface area contributed by atoms with Gasteiger partial charge in [0.25, 0.3) is 0 Å². The molecule has 2 atom stereocenters. The topological polar surface area (TPSA) is 54.9 Å². The molecule has 0 spiro atoms. The van der Waals surface area contributed by atoms with E-state index < -0.39 is 0 Å². The predicted octanol–water partition coefficient (Wildman–Crippen LogP) is 3.12. The lowest BCUT2D eigenvalue weighted by molar-refractivity contribution is -0.941. The number of aromatic hydroxyl groups is 1. The molecule has 26 heavy (non-hydrogen) atoms. The summed E-state index contributed by atoms with van der Waals surface area (Å²) in [6.45, 7) is 4.01. The maximum atomic E-state index is 12.2. The van der Waals surface area contributed by atoms with E-state index in [1.54, 1.807) is 6.07 Å². The van der Waals surface area contributed by atoms with Crippen molar-refractivity contribution in [3.8, 4) is 16.9 Å². The predicted molar refractivity (Wildman–Crippen MR) is 102 cm³/mol. The number of piperidine rings is 1. The molecule has 4 rings (SSSR count). The van der Waals surface area contributed by atoms with Crippen molar-refractivity contribution >= 4 is 11.0 Å². The molecule has 4 nitrogen and oxygen atoms in total. The third kappa shape index (κ3) is 3.13. The van der Waals surface area contributed by atoms with Crippen molar-refractivity contribution < 1.29 is 14.4 Å². The molecule has 3 aromatic rings. The number of quaternary nitrogens is 1. The maximum Gasteiger partial charge on any atom is 0.336 e. The quantitative estimate of drug-likeness (QED) is 0.714. The molecule has 2 N–H and O–H groups in total. The highest BCUT2D eigenvalue weighted by atomic mass is 16.4. The molecule has 1 aliphatic heterocycles. The van der Waals surface area contributed by atoms with E-state index in [-0.39, 0.29) is 11.4 Å². The Morgan fingerprint density at radius 2 is 1.96 bits per heavy atom. The summed E-state index contributed by atoms with van der Waals surface area (Å²) in [5.41, 5.74) is 2.69. The van der Waals surface area contributed by atoms with Crippen LogP contribution in [0.4, 0.5) is 0 Å². The zero-order valence-corrected chi connectivity index (χ0v) is 15.0. The van der Waals surface area contributed by atoms with Gasteiger partial charge in [0.15, 0.2) is 5.58 Å². The number of fused-ring (bicyclic) bond motifs is 1. The highest BCUT2D eigenvalue weighted by molar-refractivity contribution is 5.95. The third-order valence-electron chi connectivity index (χ3n) is 5.56. The van der Waals surface area contributed by atoms with Gasteiger partial charge in [-0.2, -0.15) is 0 Å². The molecule has 1 saturated heterocycles. The Hall–Kier alpha value is -2.59. The molecule has 2 aromatic carbocycles. The first-order chi connectivity index (χ1) is 12.6. The van der Waals surface area contributed by atoms with Crippen LogP contribution >= 0.6 is 0 Å². The van der Waals surface area contributed by atoms with Crippen LogP contribution in [-0.4, -0.2) is 17.7 Å². The Balaban J connectivity index is 1.87. The van der Waals surface area contributed by atoms with E-state index >= 15 is 0 Å². The van der Waals surface area contributed by atoms with Crippen LogP contribution in [0.5, 0.6) is 5.75 Å². The average Bonchev–Trinajstić information content (AvgIpc) is 2.66. The van der Waals surface area contributed by atoms with Gasteiger partial charge in [0.2, 0.25) is 0 Å². The minimum absolute atomic E-state index is 0.205. The number of likely N-dealkylation sites (tertiary alicyclic amines) is 1. The molecule has 0 bridgehead atoms. The summed E-state index contributed by atoms with van der Waals surface area (Å²) in [6, 6.07) is 15.5. The van der Waals surface area contributed by atoms with Crippen LogP contribution in [-0.2, 0) is 6.54 Å². The standard InChI is InChI=1S/C22H23NO3/c1-15-7-5-6-12-23(15)14-19-20(24)11-10-17-18(13-21(25)26-22(17)19)16-8-3-2-4-9-16/h2-4,8-11,13,15,24H,5-7,12,14H2,1H3/p+1. The minimum atomic E-state index is -0.384. The summed E-state index contributed by atoms with van der Waals surface area (Å²) >= 11 is 0. The zero-order chi connectivity index (χ0) is 18.1. The molecule has 4 heteroatoms. The maximum absolute atomic E-state index is 12.2. The second-order valence-electron chi connectivity index (χ2n) is 7.27. The summed E-state index contributed by atoms with van der Waals surface area (Å²) in [7, 11) is 0. The number of phenolic OH excluding ortho intramolecular Hbond substituents is 1. The van der Waals surface area contributed by atoms with Crippen LogP contribution in [0.3, 0.4) is 0 Å². The van der Waals surface area contributed by atoms with Gasteiger partial charge in [0.1, 0.15) is 12.3 Å². The number of nitrogens with one attached hydrogen (secondary N) is 1. The van der Waals surface area contributed by atoms with Gasteiger partial charge in [-0.25, -0.2) is 4.79 Å². The van der Waals surface area contributed by atoms with Crippen molar-refractivity contribution in [2.75, 3.05) is 6.54 Å². The first-order valence-corrected chi connectivity index (χ1v) is 9.32. The fourth-order valence-corrected chi connectivity index (χ4v) is 4.04. The Bertz CT molecular complexity index is 978. The molecule has 0 aliphatic carbocycles. The van der Waals surface area contributed by atoms with Crippen LogP contribution < -0.4 is 10.5 Å². The smallest absolute Gasteiger partial charge is 0.336 e. The van der Waals surface area contributed by atoms with Crippen LogP contribution in [0.15, 0.2) is 57.7 Å². The first-order valence-electron chi connectivity index (χ1n) is 9.32. The van der Waals surface area contributed by atoms with Crippen molar-refractivity contribution in [3.05, 3.63) is 64.5 Å². The molecule has 0 saturated carbocycles. The highest BCUT2D eigenvalue weighted by Crippen LogP contribution is 2.32. The molecule has 1 aromatic heterocycles. The number of hydrogen-bond acceptors (Lipinski definition) is 3. The van der Waals surface area contributed by atoms with Gasteiger partial charge < -0.3 is 14.4 Å². The van der Waals surface area contributed by atoms with E-state index in [0.29, 0.717) is 18.2 Å². The van der Waals surface area contributed by atoms with E-state index in [1.165, 1.54) is 30.2 Å². The van der Waals surface area contributed by atoms with E-state index in [2.05, 4.69) is 6.92 Å². The molecule has 2 unspecified atom stereocenters. The monoisotopic (exact) mass is 350 g/mol. The molecule has 1 aliphatic rings. The third-order valence-corrected chi connectivity index (χ3v) is 5.56. The number of benzene rings is 2. The largest absolute Gasteiger partial charge is 0.507 e. The Kier molecular flexibility index (Phi) is 4.51. The van der Waals surface area contributed by atoms with Gasteiger partial charge in [0, 0.05) is 11.5 Å². The molecule has 134 valence electrons. The zero-order valence-electron chi connectivity index (χ0n) is 15.0. The van der Waals surface area contributed by atoms with Crippen molar-refractivity contribution in [1.82, 2.24) is 0 Å². The fourth-order valence-electron chi connectivity index (χ4n) is 4.04. The van der Waals surface area contributed by atoms with Gasteiger partial charge in [-0.15, -0.1) is 0 Å². The van der Waals surface area contributed by atoms with E-state index in [9.17, 15) is 9.90 Å². The summed E-state index contributed by atoms with van der Waals surface area (Å²) in [6.07, 6.45) is 3.66. The van der Waals surface area contributed by atoms with Crippen LogP contribution in [0.25, 0.3) is 22.1 Å². The summed E-state index contributed by atoms with van der Waals surface area (Å²) < 4.78 is 5.58. The van der Waals surface area contributed by atoms with Gasteiger partial charge in [-0.3, -0.25) is 0 Å². The van der Waals surface area contributed by atoms with Gasteiger partial charge >= 0.3 is 5.63 Å². The van der Waals surface area contributed by atoms with Crippen LogP contribution in [0, 0.1) is 0 Å². The molecular weight excluding hydrogens is 326 g/mol. The lowest BCUT2D eigenvalue weighted by atomic mass is 9.98. The highest BCUT2D eigenvalue weighted by Gasteiger charge is 2.25. The summed E-state index contributed by atoms with van der Waals surface area (Å²) in [5.74, 6) is 0.205. The average molecular weight is 350 g/mol. The Morgan fingerprint density at radius 1 is 1.15 bits per heavy atom. The lowest BCUT2D eigenvalue weighted by Gasteiger charge is -2.30. The molecular formula is C22H24NO3+. The normalized spacial score (nSPS) is 20.3. The van der Waals surface area contributed by atoms with Crippen molar-refractivity contribution in [3.63, 3.8) is 0 Å². The van der Waals surface area contributed by atoms with E-state index in [4.69, 9.17) is 4.42 Å². The van der Waals surface area contributed by atoms with E-state index in [0.717, 1.165) is 28.6 Å². The van der Waals surface area contributed by atoms with Crippen LogP contribution in [0.1, 0.15) is 31.7 Å². The fraction of sp³-hybridized carbons (Fsp3) is 0.318. The number of rotatable bonds is 3. The van der Waals surface area contributed by atoms with E-state index in [1.807, 2.05) is 36.4 Å². The van der Waals surface area contributed by atoms with Gasteiger partial charge in [0.05, 0.1) is 18.2 Å². The summed E-state index contributed by atoms with van der Waals surface area (Å²) in [5, 5.41) is 11.4. The number of hydrogen-bond donors (Lipinski definition) is 2.